The van der Waals surface area contributed by atoms with Gasteiger partial charge in [-0.05, 0) is 11.5 Å². The molecule has 2 nitrogen and oxygen atoms in total. The van der Waals surface area contributed by atoms with Crippen LogP contribution in [-0.2, 0) is 0 Å². The zero-order chi connectivity index (χ0) is 10.3. The highest BCUT2D eigenvalue weighted by atomic mass is 16.3. The van der Waals surface area contributed by atoms with Crippen LogP contribution in [0.3, 0.4) is 0 Å². The lowest BCUT2D eigenvalue weighted by Crippen LogP contribution is -1.76. The van der Waals surface area contributed by atoms with E-state index in [1.54, 1.807) is 0 Å². The van der Waals surface area contributed by atoms with Crippen LogP contribution in [0.1, 0.15) is 10.4 Å². The van der Waals surface area contributed by atoms with Crippen LogP contribution < -0.4 is 0 Å². The van der Waals surface area contributed by atoms with E-state index in [-0.39, 0.29) is 0 Å². The van der Waals surface area contributed by atoms with Gasteiger partial charge < -0.3 is 4.42 Å². The molecule has 1 heterocycles. The van der Waals surface area contributed by atoms with Gasteiger partial charge in [0, 0.05) is 10.8 Å². The van der Waals surface area contributed by atoms with Crippen molar-refractivity contribution in [2.75, 3.05) is 0 Å². The van der Waals surface area contributed by atoms with Crippen molar-refractivity contribution in [1.29, 1.82) is 0 Å². The summed E-state index contributed by atoms with van der Waals surface area (Å²) in [5, 5.41) is 3.04. The predicted molar refractivity (Wildman–Crippen MR) is 59.1 cm³/mol. The molecule has 2 heteroatoms. The molecule has 72 valence electrons. The van der Waals surface area contributed by atoms with E-state index >= 15 is 0 Å². The molecule has 0 atom stereocenters. The smallest absolute Gasteiger partial charge is 0.153 e. The van der Waals surface area contributed by atoms with Crippen LogP contribution in [0.15, 0.2) is 47.1 Å². The first-order chi connectivity index (χ1) is 7.40. The Bertz CT molecular complexity index is 650. The summed E-state index contributed by atoms with van der Waals surface area (Å²) >= 11 is 0. The molecular weight excluding hydrogens is 188 g/mol. The number of carbonyl (C=O) groups is 1. The van der Waals surface area contributed by atoms with Crippen molar-refractivity contribution in [3.63, 3.8) is 0 Å². The highest BCUT2D eigenvalue weighted by Crippen LogP contribution is 2.28. The third kappa shape index (κ3) is 1.08. The number of benzene rings is 2. The second kappa shape index (κ2) is 2.95. The van der Waals surface area contributed by atoms with Crippen LogP contribution >= 0.6 is 0 Å². The van der Waals surface area contributed by atoms with Crippen LogP contribution in [0.2, 0.25) is 0 Å². The molecule has 0 radical (unpaired) electrons. The van der Waals surface area contributed by atoms with Gasteiger partial charge in [-0.15, -0.1) is 0 Å². The van der Waals surface area contributed by atoms with Crippen LogP contribution in [-0.4, -0.2) is 6.29 Å². The van der Waals surface area contributed by atoms with E-state index in [1.807, 2.05) is 36.4 Å². The van der Waals surface area contributed by atoms with Gasteiger partial charge in [-0.25, -0.2) is 0 Å². The molecule has 0 bridgehead atoms. The molecule has 0 amide bonds. The molecule has 0 aliphatic carbocycles. The van der Waals surface area contributed by atoms with Gasteiger partial charge in [-0.1, -0.05) is 30.3 Å². The van der Waals surface area contributed by atoms with Gasteiger partial charge in [-0.3, -0.25) is 4.79 Å². The molecule has 0 aliphatic rings. The van der Waals surface area contributed by atoms with E-state index in [0.717, 1.165) is 28.0 Å². The fourth-order valence-electron chi connectivity index (χ4n) is 1.87. The minimum Gasteiger partial charge on any atom is -0.463 e. The Labute approximate surface area is 86.1 Å². The molecule has 0 fully saturated rings. The molecule has 3 rings (SSSR count). The van der Waals surface area contributed by atoms with Crippen LogP contribution in [0.5, 0.6) is 0 Å². The van der Waals surface area contributed by atoms with Gasteiger partial charge in [0.05, 0.1) is 5.56 Å². The minimum absolute atomic E-state index is 0.607. The summed E-state index contributed by atoms with van der Waals surface area (Å²) in [6.07, 6.45) is 2.32. The second-order valence-corrected chi connectivity index (χ2v) is 3.47. The van der Waals surface area contributed by atoms with E-state index < -0.39 is 0 Å². The summed E-state index contributed by atoms with van der Waals surface area (Å²) < 4.78 is 5.42. The highest BCUT2D eigenvalue weighted by Gasteiger charge is 2.07. The SMILES string of the molecule is O=Cc1coc2c1ccc1ccccc12. The van der Waals surface area contributed by atoms with Crippen molar-refractivity contribution in [2.24, 2.45) is 0 Å². The molecule has 15 heavy (non-hydrogen) atoms. The minimum atomic E-state index is 0.607. The molecule has 0 N–H and O–H groups in total. The van der Waals surface area contributed by atoms with Gasteiger partial charge in [-0.2, -0.15) is 0 Å². The number of rotatable bonds is 1. The van der Waals surface area contributed by atoms with Gasteiger partial charge in [0.1, 0.15) is 11.8 Å². The van der Waals surface area contributed by atoms with Crippen molar-refractivity contribution in [3.8, 4) is 0 Å². The Hall–Kier alpha value is -2.09. The molecule has 0 unspecified atom stereocenters. The molecule has 0 saturated heterocycles. The monoisotopic (exact) mass is 196 g/mol. The number of hydrogen-bond donors (Lipinski definition) is 0. The average molecular weight is 196 g/mol. The number of carbonyl (C=O) groups excluding carboxylic acids is 1. The maximum absolute atomic E-state index is 10.8. The number of aldehydes is 1. The van der Waals surface area contributed by atoms with E-state index in [9.17, 15) is 4.79 Å². The average Bonchev–Trinajstić information content (AvgIpc) is 2.72. The lowest BCUT2D eigenvalue weighted by atomic mass is 10.1. The van der Waals surface area contributed by atoms with Crippen LogP contribution in [0.4, 0.5) is 0 Å². The van der Waals surface area contributed by atoms with E-state index in [4.69, 9.17) is 4.42 Å². The van der Waals surface area contributed by atoms with E-state index in [1.165, 1.54) is 6.26 Å². The maximum Gasteiger partial charge on any atom is 0.153 e. The first kappa shape index (κ1) is 8.24. The molecule has 2 aromatic carbocycles. The maximum atomic E-state index is 10.8. The molecular formula is C13H8O2. The summed E-state index contributed by atoms with van der Waals surface area (Å²) in [6.45, 7) is 0. The Kier molecular flexibility index (Phi) is 1.62. The molecule has 0 spiro atoms. The van der Waals surface area contributed by atoms with Crippen molar-refractivity contribution < 1.29 is 9.21 Å². The van der Waals surface area contributed by atoms with Crippen molar-refractivity contribution in [1.82, 2.24) is 0 Å². The quantitative estimate of drug-likeness (QED) is 0.558. The standard InChI is InChI=1S/C13H8O2/c14-7-10-8-15-13-11-4-2-1-3-9(11)5-6-12(10)13/h1-8H. The van der Waals surface area contributed by atoms with Crippen molar-refractivity contribution in [3.05, 3.63) is 48.2 Å². The topological polar surface area (TPSA) is 30.2 Å². The van der Waals surface area contributed by atoms with E-state index in [0.29, 0.717) is 5.56 Å². The lowest BCUT2D eigenvalue weighted by molar-refractivity contribution is 0.112. The Morgan fingerprint density at radius 3 is 2.73 bits per heavy atom. The molecule has 0 aliphatic heterocycles. The second-order valence-electron chi connectivity index (χ2n) is 3.47. The normalized spacial score (nSPS) is 10.9. The predicted octanol–water partition coefficient (Wildman–Crippen LogP) is 3.40. The Morgan fingerprint density at radius 2 is 1.87 bits per heavy atom. The molecule has 0 saturated carbocycles. The third-order valence-electron chi connectivity index (χ3n) is 2.62. The van der Waals surface area contributed by atoms with Gasteiger partial charge in [0.25, 0.3) is 0 Å². The molecule has 3 aromatic rings. The van der Waals surface area contributed by atoms with Crippen molar-refractivity contribution >= 4 is 28.0 Å². The van der Waals surface area contributed by atoms with Crippen molar-refractivity contribution in [2.45, 2.75) is 0 Å². The Balaban J connectivity index is 2.55. The van der Waals surface area contributed by atoms with Crippen LogP contribution in [0.25, 0.3) is 21.7 Å². The number of furan rings is 1. The van der Waals surface area contributed by atoms with Gasteiger partial charge in [0.2, 0.25) is 0 Å². The molecule has 1 aromatic heterocycles. The summed E-state index contributed by atoms with van der Waals surface area (Å²) in [5.74, 6) is 0. The fourth-order valence-corrected chi connectivity index (χ4v) is 1.87. The lowest BCUT2D eigenvalue weighted by Gasteiger charge is -1.97. The first-order valence-corrected chi connectivity index (χ1v) is 4.74. The van der Waals surface area contributed by atoms with Crippen LogP contribution in [0, 0.1) is 0 Å². The number of hydrogen-bond acceptors (Lipinski definition) is 2. The zero-order valence-corrected chi connectivity index (χ0v) is 7.94. The zero-order valence-electron chi connectivity index (χ0n) is 7.94. The summed E-state index contributed by atoms with van der Waals surface area (Å²) in [7, 11) is 0. The Morgan fingerprint density at radius 1 is 1.00 bits per heavy atom. The summed E-state index contributed by atoms with van der Waals surface area (Å²) in [5.41, 5.74) is 1.39. The van der Waals surface area contributed by atoms with Gasteiger partial charge >= 0.3 is 0 Å². The largest absolute Gasteiger partial charge is 0.463 e. The highest BCUT2D eigenvalue weighted by molar-refractivity contribution is 6.09. The summed E-state index contributed by atoms with van der Waals surface area (Å²) in [4.78, 5) is 10.8. The first-order valence-electron chi connectivity index (χ1n) is 4.74. The summed E-state index contributed by atoms with van der Waals surface area (Å²) in [6, 6.07) is 11.9. The fraction of sp³-hybridized carbons (Fsp3) is 0. The van der Waals surface area contributed by atoms with Gasteiger partial charge in [0.15, 0.2) is 6.29 Å². The third-order valence-corrected chi connectivity index (χ3v) is 2.62. The number of fused-ring (bicyclic) bond motifs is 3. The van der Waals surface area contributed by atoms with E-state index in [2.05, 4.69) is 0 Å².